The van der Waals surface area contributed by atoms with E-state index >= 15 is 0 Å². The van der Waals surface area contributed by atoms with E-state index in [2.05, 4.69) is 16.9 Å². The van der Waals surface area contributed by atoms with Gasteiger partial charge in [0, 0.05) is 43.1 Å². The number of unbranched alkanes of at least 4 members (excludes halogenated alkanes) is 12. The van der Waals surface area contributed by atoms with Gasteiger partial charge in [0.1, 0.15) is 0 Å². The summed E-state index contributed by atoms with van der Waals surface area (Å²) < 4.78 is 0. The number of amides is 1. The van der Waals surface area contributed by atoms with E-state index in [-0.39, 0.29) is 11.7 Å². The van der Waals surface area contributed by atoms with Gasteiger partial charge in [-0.15, -0.1) is 0 Å². The van der Waals surface area contributed by atoms with Gasteiger partial charge in [0.05, 0.1) is 11.4 Å². The minimum atomic E-state index is -0.0358. The molecule has 0 aliphatic carbocycles. The van der Waals surface area contributed by atoms with Crippen LogP contribution in [0.2, 0.25) is 0 Å². The molecule has 1 aliphatic heterocycles. The number of nitrogens with zero attached hydrogens (tertiary/aromatic N) is 3. The van der Waals surface area contributed by atoms with Gasteiger partial charge in [-0.1, -0.05) is 96.1 Å². The van der Waals surface area contributed by atoms with Crippen LogP contribution >= 0.6 is 0 Å². The predicted molar refractivity (Wildman–Crippen MR) is 156 cm³/mol. The standard InChI is InChI=1S/C33H45N3O2/c1-2-3-4-5-6-7-8-9-10-11-12-13-14-21-32(37)36-26-28(24-30-19-15-17-22-34-30)33(38)29(27-36)25-31-20-16-18-23-35-31/h15-20,22-25H,2-14,21,26-27H2,1H3/b28-24+,29-25+. The molecule has 1 amide bonds. The topological polar surface area (TPSA) is 63.2 Å². The Morgan fingerprint density at radius 3 is 1.58 bits per heavy atom. The van der Waals surface area contributed by atoms with Crippen LogP contribution in [0.25, 0.3) is 12.2 Å². The molecular weight excluding hydrogens is 470 g/mol. The van der Waals surface area contributed by atoms with Crippen LogP contribution in [0, 0.1) is 0 Å². The summed E-state index contributed by atoms with van der Waals surface area (Å²) in [4.78, 5) is 36.9. The number of aromatic nitrogens is 2. The van der Waals surface area contributed by atoms with Crippen molar-refractivity contribution in [3.05, 3.63) is 71.3 Å². The number of carbonyl (C=O) groups is 2. The Hall–Kier alpha value is -3.08. The zero-order valence-corrected chi connectivity index (χ0v) is 23.2. The van der Waals surface area contributed by atoms with E-state index in [0.29, 0.717) is 30.7 Å². The summed E-state index contributed by atoms with van der Waals surface area (Å²) in [6, 6.07) is 11.2. The monoisotopic (exact) mass is 515 g/mol. The number of hydrogen-bond donors (Lipinski definition) is 0. The molecule has 1 fully saturated rings. The van der Waals surface area contributed by atoms with Crippen LogP contribution in [0.1, 0.15) is 108 Å². The van der Waals surface area contributed by atoms with E-state index in [9.17, 15) is 9.59 Å². The van der Waals surface area contributed by atoms with Gasteiger partial charge < -0.3 is 4.90 Å². The van der Waals surface area contributed by atoms with Crippen molar-refractivity contribution in [2.45, 2.75) is 96.8 Å². The van der Waals surface area contributed by atoms with Gasteiger partial charge in [-0.25, -0.2) is 0 Å². The first-order valence-corrected chi connectivity index (χ1v) is 14.7. The summed E-state index contributed by atoms with van der Waals surface area (Å²) >= 11 is 0. The Balaban J connectivity index is 1.45. The second-order valence-electron chi connectivity index (χ2n) is 10.4. The average Bonchev–Trinajstić information content (AvgIpc) is 2.94. The van der Waals surface area contributed by atoms with Crippen LogP contribution in [0.5, 0.6) is 0 Å². The van der Waals surface area contributed by atoms with Crippen LogP contribution in [-0.4, -0.2) is 39.6 Å². The smallest absolute Gasteiger partial charge is 0.223 e. The molecule has 0 aromatic carbocycles. The molecule has 3 rings (SSSR count). The minimum Gasteiger partial charge on any atom is -0.334 e. The zero-order chi connectivity index (χ0) is 26.8. The normalized spacial score (nSPS) is 15.9. The van der Waals surface area contributed by atoms with Gasteiger partial charge in [0.15, 0.2) is 5.78 Å². The Labute approximate surface area is 229 Å². The quantitative estimate of drug-likeness (QED) is 0.169. The molecule has 5 nitrogen and oxygen atoms in total. The molecule has 0 bridgehead atoms. The van der Waals surface area contributed by atoms with E-state index in [0.717, 1.165) is 24.2 Å². The minimum absolute atomic E-state index is 0.0358. The fraction of sp³-hybridized carbons (Fsp3) is 0.515. The van der Waals surface area contributed by atoms with Crippen LogP contribution in [0.4, 0.5) is 0 Å². The lowest BCUT2D eigenvalue weighted by molar-refractivity contribution is -0.131. The second kappa shape index (κ2) is 17.4. The highest BCUT2D eigenvalue weighted by Gasteiger charge is 2.29. The highest BCUT2D eigenvalue weighted by molar-refractivity contribution is 6.15. The fourth-order valence-corrected chi connectivity index (χ4v) is 4.95. The molecule has 0 radical (unpaired) electrons. The lowest BCUT2D eigenvalue weighted by atomic mass is 9.95. The summed E-state index contributed by atoms with van der Waals surface area (Å²) in [7, 11) is 0. The van der Waals surface area contributed by atoms with E-state index in [1.54, 1.807) is 24.5 Å². The highest BCUT2D eigenvalue weighted by Crippen LogP contribution is 2.23. The molecule has 0 N–H and O–H groups in total. The number of hydrogen-bond acceptors (Lipinski definition) is 4. The van der Waals surface area contributed by atoms with Crippen molar-refractivity contribution >= 4 is 23.8 Å². The Morgan fingerprint density at radius 2 is 1.16 bits per heavy atom. The number of Topliss-reactive ketones (excluding diaryl/α,β-unsaturated/α-hetero) is 1. The molecule has 204 valence electrons. The zero-order valence-electron chi connectivity index (χ0n) is 23.2. The summed E-state index contributed by atoms with van der Waals surface area (Å²) in [5, 5.41) is 0. The molecule has 2 aromatic heterocycles. The maximum absolute atomic E-state index is 13.3. The van der Waals surface area contributed by atoms with Crippen LogP contribution < -0.4 is 0 Å². The van der Waals surface area contributed by atoms with Gasteiger partial charge in [-0.3, -0.25) is 19.6 Å². The lowest BCUT2D eigenvalue weighted by Crippen LogP contribution is -2.41. The maximum atomic E-state index is 13.3. The SMILES string of the molecule is CCCCCCCCCCCCCCCC(=O)N1C/C(=C\c2ccccn2)C(=O)/C(=C/c2ccccn2)C1. The largest absolute Gasteiger partial charge is 0.334 e. The number of carbonyl (C=O) groups excluding carboxylic acids is 2. The Kier molecular flexibility index (Phi) is 13.5. The molecule has 1 saturated heterocycles. The van der Waals surface area contributed by atoms with E-state index < -0.39 is 0 Å². The lowest BCUT2D eigenvalue weighted by Gasteiger charge is -2.30. The van der Waals surface area contributed by atoms with Crippen LogP contribution in [0.3, 0.4) is 0 Å². The Bertz CT molecular complexity index is 969. The predicted octanol–water partition coefficient (Wildman–Crippen LogP) is 7.84. The van der Waals surface area contributed by atoms with Crippen LogP contribution in [0.15, 0.2) is 59.9 Å². The third-order valence-corrected chi connectivity index (χ3v) is 7.17. The van der Waals surface area contributed by atoms with E-state index in [1.165, 1.54) is 70.6 Å². The van der Waals surface area contributed by atoms with Gasteiger partial charge in [0.25, 0.3) is 0 Å². The van der Waals surface area contributed by atoms with Crippen molar-refractivity contribution in [3.63, 3.8) is 0 Å². The summed E-state index contributed by atoms with van der Waals surface area (Å²) in [5.41, 5.74) is 2.63. The molecule has 1 aliphatic rings. The maximum Gasteiger partial charge on any atom is 0.223 e. The van der Waals surface area contributed by atoms with Crippen molar-refractivity contribution in [2.24, 2.45) is 0 Å². The summed E-state index contributed by atoms with van der Waals surface area (Å²) in [6.07, 6.45) is 24.3. The summed E-state index contributed by atoms with van der Waals surface area (Å²) in [6.45, 7) is 2.92. The first-order valence-electron chi connectivity index (χ1n) is 14.7. The highest BCUT2D eigenvalue weighted by atomic mass is 16.2. The average molecular weight is 516 g/mol. The fourth-order valence-electron chi connectivity index (χ4n) is 4.95. The van der Waals surface area contributed by atoms with Crippen LogP contribution in [-0.2, 0) is 9.59 Å². The van der Waals surface area contributed by atoms with Gasteiger partial charge >= 0.3 is 0 Å². The molecule has 0 unspecified atom stereocenters. The number of ketones is 1. The molecule has 0 atom stereocenters. The Morgan fingerprint density at radius 1 is 0.711 bits per heavy atom. The first-order chi connectivity index (χ1) is 18.7. The number of pyridine rings is 2. The van der Waals surface area contributed by atoms with Crippen molar-refractivity contribution in [2.75, 3.05) is 13.1 Å². The number of likely N-dealkylation sites (tertiary alicyclic amines) is 1. The molecule has 0 spiro atoms. The van der Waals surface area contributed by atoms with Gasteiger partial charge in [-0.05, 0) is 42.8 Å². The van der Waals surface area contributed by atoms with E-state index in [1.807, 2.05) is 41.3 Å². The second-order valence-corrected chi connectivity index (χ2v) is 10.4. The molecule has 3 heterocycles. The van der Waals surface area contributed by atoms with Gasteiger partial charge in [0.2, 0.25) is 5.91 Å². The molecular formula is C33H45N3O2. The third kappa shape index (κ3) is 10.7. The molecule has 0 saturated carbocycles. The molecule has 2 aromatic rings. The van der Waals surface area contributed by atoms with Crippen molar-refractivity contribution in [3.8, 4) is 0 Å². The van der Waals surface area contributed by atoms with Crippen molar-refractivity contribution < 1.29 is 9.59 Å². The number of piperidine rings is 1. The van der Waals surface area contributed by atoms with Crippen molar-refractivity contribution in [1.82, 2.24) is 14.9 Å². The van der Waals surface area contributed by atoms with Gasteiger partial charge in [-0.2, -0.15) is 0 Å². The molecule has 38 heavy (non-hydrogen) atoms. The third-order valence-electron chi connectivity index (χ3n) is 7.17. The molecule has 5 heteroatoms. The van der Waals surface area contributed by atoms with Crippen molar-refractivity contribution in [1.29, 1.82) is 0 Å². The van der Waals surface area contributed by atoms with E-state index in [4.69, 9.17) is 0 Å². The number of rotatable bonds is 16. The summed E-state index contributed by atoms with van der Waals surface area (Å²) in [5.74, 6) is 0.0748. The first kappa shape index (κ1) is 29.5.